The molecule has 1 aromatic carbocycles. The highest BCUT2D eigenvalue weighted by Gasteiger charge is 2.44. The fraction of sp³-hybridized carbons (Fsp3) is 0.571. The molecule has 1 fully saturated rings. The molecule has 0 spiro atoms. The minimum Gasteiger partial charge on any atom is -0.297 e. The summed E-state index contributed by atoms with van der Waals surface area (Å²) in [6.45, 7) is 5.50. The average molecular weight is 367 g/mol. The summed E-state index contributed by atoms with van der Waals surface area (Å²) in [5.41, 5.74) is 0.195. The van der Waals surface area contributed by atoms with Crippen LogP contribution in [0, 0.1) is 0 Å². The van der Waals surface area contributed by atoms with Gasteiger partial charge in [-0.05, 0) is 38.5 Å². The van der Waals surface area contributed by atoms with Gasteiger partial charge in [0.25, 0.3) is 0 Å². The summed E-state index contributed by atoms with van der Waals surface area (Å²) < 4.78 is 28.0. The van der Waals surface area contributed by atoms with E-state index >= 15 is 0 Å². The van der Waals surface area contributed by atoms with Gasteiger partial charge in [-0.25, -0.2) is 13.1 Å². The topological polar surface area (TPSA) is 58.6 Å². The van der Waals surface area contributed by atoms with Gasteiger partial charge in [0.05, 0.1) is 22.7 Å². The van der Waals surface area contributed by atoms with Gasteiger partial charge in [-0.3, -0.25) is 4.84 Å². The number of hydrogen-bond donors (Lipinski definition) is 1. The van der Waals surface area contributed by atoms with Crippen molar-refractivity contribution >= 4 is 33.2 Å². The Labute approximate surface area is 141 Å². The molecular weight excluding hydrogens is 347 g/mol. The van der Waals surface area contributed by atoms with Gasteiger partial charge < -0.3 is 0 Å². The van der Waals surface area contributed by atoms with Crippen molar-refractivity contribution in [1.82, 2.24) is 9.79 Å². The zero-order chi connectivity index (χ0) is 16.7. The van der Waals surface area contributed by atoms with Crippen molar-refractivity contribution in [3.63, 3.8) is 0 Å². The molecule has 0 aromatic heterocycles. The van der Waals surface area contributed by atoms with Crippen LogP contribution >= 0.6 is 23.2 Å². The molecule has 5 nitrogen and oxygen atoms in total. The van der Waals surface area contributed by atoms with Crippen LogP contribution in [-0.4, -0.2) is 37.9 Å². The van der Waals surface area contributed by atoms with Crippen LogP contribution in [0.5, 0.6) is 0 Å². The van der Waals surface area contributed by atoms with Crippen molar-refractivity contribution in [2.45, 2.75) is 37.6 Å². The van der Waals surface area contributed by atoms with Crippen molar-refractivity contribution in [3.05, 3.63) is 33.8 Å². The predicted octanol–water partition coefficient (Wildman–Crippen LogP) is 3.00. The van der Waals surface area contributed by atoms with E-state index in [4.69, 9.17) is 28.0 Å². The fourth-order valence-corrected chi connectivity index (χ4v) is 4.70. The number of benzene rings is 1. The molecule has 0 saturated carbocycles. The zero-order valence-corrected chi connectivity index (χ0v) is 15.3. The van der Waals surface area contributed by atoms with Gasteiger partial charge in [0.1, 0.15) is 5.25 Å². The van der Waals surface area contributed by atoms with E-state index in [1.807, 2.05) is 0 Å². The molecule has 1 aliphatic rings. The lowest BCUT2D eigenvalue weighted by Crippen LogP contribution is -2.47. The van der Waals surface area contributed by atoms with Crippen LogP contribution in [0.25, 0.3) is 0 Å². The summed E-state index contributed by atoms with van der Waals surface area (Å²) in [4.78, 5) is 5.44. The highest BCUT2D eigenvalue weighted by molar-refractivity contribution is 7.90. The molecule has 22 heavy (non-hydrogen) atoms. The van der Waals surface area contributed by atoms with Crippen LogP contribution in [0.4, 0.5) is 0 Å². The second kappa shape index (κ2) is 6.26. The Kier molecular flexibility index (Phi) is 5.12. The van der Waals surface area contributed by atoms with Crippen LogP contribution in [0.3, 0.4) is 0 Å². The summed E-state index contributed by atoms with van der Waals surface area (Å²) in [6, 6.07) is 4.66. The van der Waals surface area contributed by atoms with Gasteiger partial charge in [-0.15, -0.1) is 0 Å². The summed E-state index contributed by atoms with van der Waals surface area (Å²) >= 11 is 12.0. The first-order valence-electron chi connectivity index (χ1n) is 6.85. The third-order valence-corrected chi connectivity index (χ3v) is 6.15. The van der Waals surface area contributed by atoms with E-state index in [1.54, 1.807) is 51.1 Å². The molecule has 0 bridgehead atoms. The van der Waals surface area contributed by atoms with Crippen LogP contribution in [-0.2, 0) is 14.9 Å². The van der Waals surface area contributed by atoms with Gasteiger partial charge >= 0.3 is 0 Å². The molecule has 1 N–H and O–H groups in total. The lowest BCUT2D eigenvalue weighted by Gasteiger charge is -2.27. The molecule has 2 unspecified atom stereocenters. The van der Waals surface area contributed by atoms with Gasteiger partial charge in [-0.1, -0.05) is 29.3 Å². The summed E-state index contributed by atoms with van der Waals surface area (Å²) in [5.74, 6) is 0. The molecule has 1 saturated heterocycles. The van der Waals surface area contributed by atoms with Gasteiger partial charge in [0.15, 0.2) is 0 Å². The van der Waals surface area contributed by atoms with Crippen LogP contribution in [0.15, 0.2) is 18.2 Å². The molecule has 2 rings (SSSR count). The molecule has 0 radical (unpaired) electrons. The molecule has 1 heterocycles. The predicted molar refractivity (Wildman–Crippen MR) is 88.5 cm³/mol. The first-order chi connectivity index (χ1) is 10.0. The second-order valence-electron chi connectivity index (χ2n) is 6.40. The molecular formula is C14H20Cl2N2O3S. The highest BCUT2D eigenvalue weighted by atomic mass is 35.5. The minimum absolute atomic E-state index is 0.0901. The number of nitrogens with zero attached hydrogens (tertiary/aromatic N) is 1. The van der Waals surface area contributed by atoms with Crippen molar-refractivity contribution in [2.24, 2.45) is 0 Å². The van der Waals surface area contributed by atoms with E-state index in [0.29, 0.717) is 10.0 Å². The van der Waals surface area contributed by atoms with E-state index in [1.165, 1.54) is 0 Å². The minimum atomic E-state index is -3.56. The fourth-order valence-electron chi connectivity index (χ4n) is 2.48. The Morgan fingerprint density at radius 3 is 2.45 bits per heavy atom. The Bertz CT molecular complexity index is 659. The standard InChI is InChI=1S/C14H20Cl2N2O3S/c1-14(2,3)17-22(19,20)12-8-21-18(4)13(12)9-5-6-10(15)11(16)7-9/h5-7,12-13,17H,8H2,1-4H3. The Balaban J connectivity index is 2.37. The summed E-state index contributed by atoms with van der Waals surface area (Å²) in [6.07, 6.45) is 0. The smallest absolute Gasteiger partial charge is 0.219 e. The third kappa shape index (κ3) is 3.93. The van der Waals surface area contributed by atoms with Crippen LogP contribution in [0.1, 0.15) is 32.4 Å². The van der Waals surface area contributed by atoms with Crippen LogP contribution < -0.4 is 4.72 Å². The summed E-state index contributed by atoms with van der Waals surface area (Å²) in [7, 11) is -1.86. The normalized spacial score (nSPS) is 23.9. The number of rotatable bonds is 3. The SMILES string of the molecule is CN1OCC(S(=O)(=O)NC(C)(C)C)C1c1ccc(Cl)c(Cl)c1. The second-order valence-corrected chi connectivity index (χ2v) is 9.11. The maximum Gasteiger partial charge on any atom is 0.219 e. The number of nitrogens with one attached hydrogen (secondary N) is 1. The molecule has 1 aromatic rings. The Morgan fingerprint density at radius 1 is 1.27 bits per heavy atom. The van der Waals surface area contributed by atoms with Crippen molar-refractivity contribution in [1.29, 1.82) is 0 Å². The van der Waals surface area contributed by atoms with Crippen molar-refractivity contribution in [3.8, 4) is 0 Å². The largest absolute Gasteiger partial charge is 0.297 e. The average Bonchev–Trinajstić information content (AvgIpc) is 2.72. The Morgan fingerprint density at radius 2 is 1.91 bits per heavy atom. The van der Waals surface area contributed by atoms with E-state index in [-0.39, 0.29) is 6.61 Å². The molecule has 1 aliphatic heterocycles. The lowest BCUT2D eigenvalue weighted by molar-refractivity contribution is -0.110. The van der Waals surface area contributed by atoms with Gasteiger partial charge in [-0.2, -0.15) is 5.06 Å². The first-order valence-corrected chi connectivity index (χ1v) is 9.15. The Hall–Kier alpha value is -0.370. The van der Waals surface area contributed by atoms with Crippen molar-refractivity contribution < 1.29 is 13.3 Å². The van der Waals surface area contributed by atoms with E-state index in [2.05, 4.69) is 4.72 Å². The maximum atomic E-state index is 12.7. The summed E-state index contributed by atoms with van der Waals surface area (Å²) in [5, 5.41) is 1.64. The van der Waals surface area contributed by atoms with Crippen molar-refractivity contribution in [2.75, 3.05) is 13.7 Å². The van der Waals surface area contributed by atoms with Crippen LogP contribution in [0.2, 0.25) is 10.0 Å². The quantitative estimate of drug-likeness (QED) is 0.892. The van der Waals surface area contributed by atoms with Gasteiger partial charge in [0, 0.05) is 12.6 Å². The van der Waals surface area contributed by atoms with Gasteiger partial charge in [0.2, 0.25) is 10.0 Å². The molecule has 124 valence electrons. The first kappa shape index (κ1) is 18.0. The number of hydrogen-bond acceptors (Lipinski definition) is 4. The number of sulfonamides is 1. The maximum absolute atomic E-state index is 12.7. The van der Waals surface area contributed by atoms with E-state index in [0.717, 1.165) is 5.56 Å². The van der Waals surface area contributed by atoms with E-state index < -0.39 is 26.9 Å². The zero-order valence-electron chi connectivity index (χ0n) is 12.9. The number of hydroxylamine groups is 2. The monoisotopic (exact) mass is 366 g/mol. The van der Waals surface area contributed by atoms with E-state index in [9.17, 15) is 8.42 Å². The number of halogens is 2. The third-order valence-electron chi connectivity index (χ3n) is 3.32. The highest BCUT2D eigenvalue weighted by Crippen LogP contribution is 2.36. The molecule has 0 aliphatic carbocycles. The molecule has 8 heteroatoms. The molecule has 2 atom stereocenters. The molecule has 0 amide bonds. The lowest BCUT2D eigenvalue weighted by atomic mass is 10.0.